The highest BCUT2D eigenvalue weighted by molar-refractivity contribution is 7.90. The SMILES string of the molecule is COC1=C(CNC(=O)c2cc(-c3ccc(N4CCN(C)CC4)nc3)cc3c2C(C)CN3S(=O)(=O)N(C)C)C(O)NC(C)=C1. The summed E-state index contributed by atoms with van der Waals surface area (Å²) in [7, 11) is 2.81. The van der Waals surface area contributed by atoms with Crippen LogP contribution in [0.1, 0.15) is 35.7 Å². The Kier molecular flexibility index (Phi) is 8.70. The normalized spacial score (nSPS) is 21.1. The summed E-state index contributed by atoms with van der Waals surface area (Å²) in [4.78, 5) is 23.1. The Balaban J connectivity index is 1.52. The zero-order valence-electron chi connectivity index (χ0n) is 25.6. The molecule has 2 unspecified atom stereocenters. The minimum atomic E-state index is -3.81. The molecule has 232 valence electrons. The number of aliphatic hydroxyl groups is 1. The fourth-order valence-electron chi connectivity index (χ4n) is 5.76. The number of piperazine rings is 1. The number of benzene rings is 1. The topological polar surface area (TPSA) is 131 Å². The van der Waals surface area contributed by atoms with Gasteiger partial charge in [0.2, 0.25) is 0 Å². The van der Waals surface area contributed by atoms with Crippen molar-refractivity contribution in [2.45, 2.75) is 26.0 Å². The van der Waals surface area contributed by atoms with Gasteiger partial charge in [-0.3, -0.25) is 9.10 Å². The van der Waals surface area contributed by atoms with E-state index in [4.69, 9.17) is 9.72 Å². The highest BCUT2D eigenvalue weighted by atomic mass is 32.2. The number of hydrogen-bond donors (Lipinski definition) is 3. The summed E-state index contributed by atoms with van der Waals surface area (Å²) in [6.07, 6.45) is 2.52. The molecule has 3 aliphatic rings. The molecule has 1 saturated heterocycles. The first kappa shape index (κ1) is 30.8. The number of aliphatic hydroxyl groups excluding tert-OH is 1. The Morgan fingerprint density at radius 1 is 1.19 bits per heavy atom. The quantitative estimate of drug-likeness (QED) is 0.408. The highest BCUT2D eigenvalue weighted by Crippen LogP contribution is 2.43. The molecule has 1 aromatic heterocycles. The van der Waals surface area contributed by atoms with Gasteiger partial charge in [-0.15, -0.1) is 0 Å². The smallest absolute Gasteiger partial charge is 0.303 e. The maximum absolute atomic E-state index is 13.8. The third-order valence-corrected chi connectivity index (χ3v) is 10.1. The van der Waals surface area contributed by atoms with Gasteiger partial charge in [0.1, 0.15) is 11.6 Å². The molecule has 0 spiro atoms. The lowest BCUT2D eigenvalue weighted by atomic mass is 9.93. The number of allylic oxidation sites excluding steroid dienone is 2. The van der Waals surface area contributed by atoms with Crippen LogP contribution in [0.5, 0.6) is 0 Å². The van der Waals surface area contributed by atoms with Crippen LogP contribution in [-0.4, -0.2) is 107 Å². The first-order chi connectivity index (χ1) is 20.4. The van der Waals surface area contributed by atoms with Crippen molar-refractivity contribution in [1.82, 2.24) is 24.8 Å². The number of nitrogens with zero attached hydrogens (tertiary/aromatic N) is 5. The van der Waals surface area contributed by atoms with E-state index in [1.807, 2.05) is 32.0 Å². The number of aromatic nitrogens is 1. The molecular formula is C30H41N7O5S. The van der Waals surface area contributed by atoms with Crippen molar-refractivity contribution in [3.05, 3.63) is 64.7 Å². The van der Waals surface area contributed by atoms with E-state index in [0.29, 0.717) is 33.7 Å². The summed E-state index contributed by atoms with van der Waals surface area (Å²) >= 11 is 0. The molecule has 43 heavy (non-hydrogen) atoms. The van der Waals surface area contributed by atoms with E-state index in [9.17, 15) is 18.3 Å². The Labute approximate surface area is 253 Å². The number of methoxy groups -OCH3 is 1. The molecule has 1 fully saturated rings. The molecule has 13 heteroatoms. The predicted molar refractivity (Wildman–Crippen MR) is 167 cm³/mol. The van der Waals surface area contributed by atoms with Gasteiger partial charge in [0.05, 0.1) is 12.8 Å². The fourth-order valence-corrected chi connectivity index (χ4v) is 6.97. The fraction of sp³-hybridized carbons (Fsp3) is 0.467. The van der Waals surface area contributed by atoms with E-state index >= 15 is 0 Å². The minimum Gasteiger partial charge on any atom is -0.496 e. The lowest BCUT2D eigenvalue weighted by molar-refractivity contribution is 0.0950. The van der Waals surface area contributed by atoms with Gasteiger partial charge in [0.25, 0.3) is 5.91 Å². The number of amides is 1. The van der Waals surface area contributed by atoms with Crippen LogP contribution in [0.25, 0.3) is 11.1 Å². The van der Waals surface area contributed by atoms with Crippen molar-refractivity contribution < 1.29 is 23.1 Å². The van der Waals surface area contributed by atoms with Gasteiger partial charge in [-0.1, -0.05) is 6.92 Å². The van der Waals surface area contributed by atoms with Crippen LogP contribution in [-0.2, 0) is 14.9 Å². The summed E-state index contributed by atoms with van der Waals surface area (Å²) in [5.74, 6) is 0.759. The minimum absolute atomic E-state index is 0.0360. The maximum atomic E-state index is 13.8. The van der Waals surface area contributed by atoms with Crippen molar-refractivity contribution in [3.63, 3.8) is 0 Å². The first-order valence-electron chi connectivity index (χ1n) is 14.4. The van der Waals surface area contributed by atoms with Crippen LogP contribution in [0, 0.1) is 0 Å². The average molecular weight is 612 g/mol. The van der Waals surface area contributed by atoms with E-state index in [-0.39, 0.29) is 24.9 Å². The summed E-state index contributed by atoms with van der Waals surface area (Å²) in [5.41, 5.74) is 4.20. The number of pyridine rings is 1. The summed E-state index contributed by atoms with van der Waals surface area (Å²) < 4.78 is 34.7. The van der Waals surface area contributed by atoms with Crippen molar-refractivity contribution in [1.29, 1.82) is 0 Å². The molecule has 12 nitrogen and oxygen atoms in total. The molecule has 4 heterocycles. The zero-order valence-corrected chi connectivity index (χ0v) is 26.4. The number of hydrogen-bond acceptors (Lipinski definition) is 9. The van der Waals surface area contributed by atoms with Crippen molar-refractivity contribution >= 4 is 27.6 Å². The zero-order chi connectivity index (χ0) is 31.1. The Morgan fingerprint density at radius 2 is 1.91 bits per heavy atom. The number of carbonyl (C=O) groups excluding carboxylic acids is 1. The van der Waals surface area contributed by atoms with Crippen molar-refractivity contribution in [2.24, 2.45) is 0 Å². The monoisotopic (exact) mass is 611 g/mol. The molecule has 0 bridgehead atoms. The Bertz CT molecular complexity index is 1550. The first-order valence-corrected chi connectivity index (χ1v) is 15.8. The number of carbonyl (C=O) groups is 1. The molecule has 1 aromatic carbocycles. The van der Waals surface area contributed by atoms with Crippen LogP contribution in [0.3, 0.4) is 0 Å². The van der Waals surface area contributed by atoms with Gasteiger partial charge in [-0.25, -0.2) is 4.98 Å². The van der Waals surface area contributed by atoms with Crippen LogP contribution in [0.2, 0.25) is 0 Å². The number of dihydropyridines is 1. The molecule has 3 N–H and O–H groups in total. The molecule has 2 atom stereocenters. The van der Waals surface area contributed by atoms with Crippen LogP contribution >= 0.6 is 0 Å². The van der Waals surface area contributed by atoms with Gasteiger partial charge < -0.3 is 30.3 Å². The second-order valence-electron chi connectivity index (χ2n) is 11.5. The number of rotatable bonds is 8. The van der Waals surface area contributed by atoms with Crippen molar-refractivity contribution in [3.8, 4) is 11.1 Å². The summed E-state index contributed by atoms with van der Waals surface area (Å²) in [6.45, 7) is 7.69. The summed E-state index contributed by atoms with van der Waals surface area (Å²) in [6, 6.07) is 7.56. The Morgan fingerprint density at radius 3 is 2.53 bits per heavy atom. The molecule has 2 aromatic rings. The van der Waals surface area contributed by atoms with Gasteiger partial charge in [0.15, 0.2) is 6.23 Å². The van der Waals surface area contributed by atoms with E-state index < -0.39 is 16.4 Å². The molecule has 0 radical (unpaired) electrons. The second-order valence-corrected chi connectivity index (χ2v) is 13.6. The van der Waals surface area contributed by atoms with Gasteiger partial charge >= 0.3 is 10.2 Å². The predicted octanol–water partition coefficient (Wildman–Crippen LogP) is 1.69. The number of fused-ring (bicyclic) bond motifs is 1. The van der Waals surface area contributed by atoms with Gasteiger partial charge in [-0.2, -0.15) is 12.7 Å². The van der Waals surface area contributed by atoms with Crippen LogP contribution in [0.4, 0.5) is 11.5 Å². The van der Waals surface area contributed by atoms with E-state index in [2.05, 4.69) is 27.5 Å². The maximum Gasteiger partial charge on any atom is 0.303 e. The summed E-state index contributed by atoms with van der Waals surface area (Å²) in [5, 5.41) is 16.5. The number of ether oxygens (including phenoxy) is 1. The number of nitrogens with one attached hydrogen (secondary N) is 2. The lowest BCUT2D eigenvalue weighted by Gasteiger charge is -2.33. The lowest BCUT2D eigenvalue weighted by Crippen LogP contribution is -2.44. The van der Waals surface area contributed by atoms with E-state index in [1.165, 1.54) is 29.8 Å². The van der Waals surface area contributed by atoms with Gasteiger partial charge in [0, 0.05) is 87.9 Å². The van der Waals surface area contributed by atoms with E-state index in [0.717, 1.165) is 43.3 Å². The number of likely N-dealkylation sites (N-methyl/N-ethyl adjacent to an activating group) is 1. The van der Waals surface area contributed by atoms with Gasteiger partial charge in [-0.05, 0) is 55.4 Å². The molecule has 1 amide bonds. The van der Waals surface area contributed by atoms with Crippen LogP contribution in [0.15, 0.2) is 53.6 Å². The number of anilines is 2. The van der Waals surface area contributed by atoms with E-state index in [1.54, 1.807) is 18.3 Å². The largest absolute Gasteiger partial charge is 0.496 e. The molecular weight excluding hydrogens is 570 g/mol. The molecule has 0 aliphatic carbocycles. The van der Waals surface area contributed by atoms with Crippen LogP contribution < -0.4 is 19.8 Å². The third-order valence-electron chi connectivity index (χ3n) is 8.27. The highest BCUT2D eigenvalue weighted by Gasteiger charge is 2.38. The third kappa shape index (κ3) is 6.07. The average Bonchev–Trinajstić information content (AvgIpc) is 3.33. The van der Waals surface area contributed by atoms with Crippen molar-refractivity contribution in [2.75, 3.05) is 76.7 Å². The second kappa shape index (κ2) is 12.2. The molecule has 5 rings (SSSR count). The molecule has 3 aliphatic heterocycles. The standard InChI is InChI=1S/C30H41N7O5S/c1-19-18-37(43(40,41)34(3)4)25-15-22(21-7-8-27(31-16-21)36-11-9-35(5)10-12-36)14-23(28(19)25)29(38)32-17-24-26(42-6)13-20(2)33-30(24)39/h7-8,13-16,19,30,33,39H,9-12,17-18H2,1-6H3,(H,32,38). The Hall–Kier alpha value is -3.65. The molecule has 0 saturated carbocycles.